The molecule has 0 atom stereocenters. The fourth-order valence-electron chi connectivity index (χ4n) is 2.32. The predicted molar refractivity (Wildman–Crippen MR) is 98.5 cm³/mol. The van der Waals surface area contributed by atoms with Crippen molar-refractivity contribution in [3.8, 4) is 5.69 Å². The smallest absolute Gasteiger partial charge is 0.240 e. The third-order valence-corrected chi connectivity index (χ3v) is 5.99. The zero-order chi connectivity index (χ0) is 17.7. The molecule has 1 heterocycles. The molecule has 0 bridgehead atoms. The molecule has 1 aromatic heterocycles. The number of aryl methyl sites for hydroxylation is 1. The van der Waals surface area contributed by atoms with E-state index in [-0.39, 0.29) is 4.90 Å². The molecule has 0 radical (unpaired) electrons. The van der Waals surface area contributed by atoms with E-state index >= 15 is 0 Å². The number of thioether (sulfide) groups is 1. The minimum absolute atomic E-state index is 0.267. The summed E-state index contributed by atoms with van der Waals surface area (Å²) in [5.41, 5.74) is 2.13. The largest absolute Gasteiger partial charge is 0.276 e. The number of nitrogens with zero attached hydrogens (tertiary/aromatic N) is 3. The second-order valence-corrected chi connectivity index (χ2v) is 8.16. The Morgan fingerprint density at radius 3 is 2.56 bits per heavy atom. The summed E-state index contributed by atoms with van der Waals surface area (Å²) in [4.78, 5) is 0.267. The monoisotopic (exact) mass is 374 g/mol. The van der Waals surface area contributed by atoms with E-state index in [1.54, 1.807) is 36.7 Å². The van der Waals surface area contributed by atoms with Gasteiger partial charge in [-0.1, -0.05) is 48.2 Å². The van der Waals surface area contributed by atoms with Crippen molar-refractivity contribution in [3.63, 3.8) is 0 Å². The van der Waals surface area contributed by atoms with Crippen LogP contribution in [0.4, 0.5) is 0 Å². The van der Waals surface area contributed by atoms with Gasteiger partial charge in [0.2, 0.25) is 10.0 Å². The minimum atomic E-state index is -3.48. The number of benzene rings is 2. The highest BCUT2D eigenvalue weighted by Crippen LogP contribution is 2.21. The van der Waals surface area contributed by atoms with Crippen molar-refractivity contribution in [2.75, 3.05) is 12.3 Å². The Balaban J connectivity index is 1.61. The first-order chi connectivity index (χ1) is 12.1. The van der Waals surface area contributed by atoms with Gasteiger partial charge in [-0.25, -0.2) is 13.1 Å². The Morgan fingerprint density at radius 2 is 1.80 bits per heavy atom. The zero-order valence-electron chi connectivity index (χ0n) is 13.7. The number of hydrogen-bond acceptors (Lipinski definition) is 5. The first kappa shape index (κ1) is 17.7. The molecule has 25 heavy (non-hydrogen) atoms. The van der Waals surface area contributed by atoms with Crippen molar-refractivity contribution in [2.24, 2.45) is 0 Å². The molecule has 0 saturated carbocycles. The summed E-state index contributed by atoms with van der Waals surface area (Å²) in [5.74, 6) is 0.552. The molecule has 3 rings (SSSR count). The fourth-order valence-corrected chi connectivity index (χ4v) is 4.28. The molecule has 130 valence electrons. The third-order valence-electron chi connectivity index (χ3n) is 3.57. The van der Waals surface area contributed by atoms with Crippen molar-refractivity contribution in [2.45, 2.75) is 17.0 Å². The SMILES string of the molecule is Cc1ccccc1-n1cnnc1SCCNS(=O)(=O)c1ccccc1. The highest BCUT2D eigenvalue weighted by Gasteiger charge is 2.13. The fraction of sp³-hybridized carbons (Fsp3) is 0.176. The molecule has 0 aliphatic rings. The van der Waals surface area contributed by atoms with Gasteiger partial charge in [-0.15, -0.1) is 10.2 Å². The average molecular weight is 374 g/mol. The first-order valence-corrected chi connectivity index (χ1v) is 10.2. The van der Waals surface area contributed by atoms with Gasteiger partial charge in [0.15, 0.2) is 5.16 Å². The highest BCUT2D eigenvalue weighted by molar-refractivity contribution is 7.99. The van der Waals surface area contributed by atoms with Gasteiger partial charge in [-0.2, -0.15) is 0 Å². The van der Waals surface area contributed by atoms with Gasteiger partial charge in [-0.05, 0) is 30.7 Å². The molecule has 1 N–H and O–H groups in total. The molecular formula is C17H18N4O2S2. The lowest BCUT2D eigenvalue weighted by Gasteiger charge is -2.09. The lowest BCUT2D eigenvalue weighted by molar-refractivity contribution is 0.584. The molecule has 0 aliphatic heterocycles. The zero-order valence-corrected chi connectivity index (χ0v) is 15.3. The van der Waals surface area contributed by atoms with E-state index in [4.69, 9.17) is 0 Å². The summed E-state index contributed by atoms with van der Waals surface area (Å²) < 4.78 is 28.9. The second kappa shape index (κ2) is 7.81. The number of sulfonamides is 1. The van der Waals surface area contributed by atoms with Gasteiger partial charge in [-0.3, -0.25) is 4.57 Å². The topological polar surface area (TPSA) is 76.9 Å². The molecule has 2 aromatic carbocycles. The van der Waals surface area contributed by atoms with Crippen molar-refractivity contribution < 1.29 is 8.42 Å². The number of para-hydroxylation sites is 1. The maximum Gasteiger partial charge on any atom is 0.240 e. The molecule has 0 fully saturated rings. The van der Waals surface area contributed by atoms with Crippen LogP contribution in [0.5, 0.6) is 0 Å². The number of nitrogens with one attached hydrogen (secondary N) is 1. The summed E-state index contributed by atoms with van der Waals surface area (Å²) in [5, 5.41) is 8.82. The summed E-state index contributed by atoms with van der Waals surface area (Å²) in [6, 6.07) is 16.3. The normalized spacial score (nSPS) is 11.6. The Morgan fingerprint density at radius 1 is 1.08 bits per heavy atom. The minimum Gasteiger partial charge on any atom is -0.276 e. The van der Waals surface area contributed by atoms with Crippen LogP contribution in [0.25, 0.3) is 5.69 Å². The molecule has 3 aromatic rings. The summed E-state index contributed by atoms with van der Waals surface area (Å²) >= 11 is 1.46. The van der Waals surface area contributed by atoms with E-state index in [2.05, 4.69) is 14.9 Å². The Kier molecular flexibility index (Phi) is 5.52. The van der Waals surface area contributed by atoms with Crippen LogP contribution >= 0.6 is 11.8 Å². The molecule has 8 heteroatoms. The molecule has 0 amide bonds. The van der Waals surface area contributed by atoms with Gasteiger partial charge < -0.3 is 0 Å². The van der Waals surface area contributed by atoms with Crippen LogP contribution in [0.1, 0.15) is 5.56 Å². The third kappa shape index (κ3) is 4.28. The summed E-state index contributed by atoms with van der Waals surface area (Å²) in [7, 11) is -3.48. The van der Waals surface area contributed by atoms with Crippen LogP contribution in [-0.2, 0) is 10.0 Å². The first-order valence-electron chi connectivity index (χ1n) is 7.71. The number of aromatic nitrogens is 3. The Bertz CT molecular complexity index is 940. The lowest BCUT2D eigenvalue weighted by Crippen LogP contribution is -2.26. The lowest BCUT2D eigenvalue weighted by atomic mass is 10.2. The predicted octanol–water partition coefficient (Wildman–Crippen LogP) is 2.65. The van der Waals surface area contributed by atoms with Gasteiger partial charge >= 0.3 is 0 Å². The van der Waals surface area contributed by atoms with Crippen LogP contribution in [0.15, 0.2) is 71.0 Å². The van der Waals surface area contributed by atoms with Crippen molar-refractivity contribution in [1.82, 2.24) is 19.5 Å². The van der Waals surface area contributed by atoms with E-state index in [1.807, 2.05) is 35.8 Å². The van der Waals surface area contributed by atoms with Crippen molar-refractivity contribution >= 4 is 21.8 Å². The number of rotatable bonds is 7. The standard InChI is InChI=1S/C17H18N4O2S2/c1-14-7-5-6-10-16(14)21-13-18-20-17(21)24-12-11-19-25(22,23)15-8-3-2-4-9-15/h2-10,13,19H,11-12H2,1H3. The van der Waals surface area contributed by atoms with E-state index in [0.717, 1.165) is 16.4 Å². The highest BCUT2D eigenvalue weighted by atomic mass is 32.2. The molecule has 0 spiro atoms. The molecule has 0 saturated heterocycles. The van der Waals surface area contributed by atoms with Gasteiger partial charge in [0.25, 0.3) is 0 Å². The van der Waals surface area contributed by atoms with E-state index < -0.39 is 10.0 Å². The van der Waals surface area contributed by atoms with E-state index in [9.17, 15) is 8.42 Å². The molecule has 6 nitrogen and oxygen atoms in total. The quantitative estimate of drug-likeness (QED) is 0.508. The van der Waals surface area contributed by atoms with Crippen LogP contribution in [0, 0.1) is 6.92 Å². The van der Waals surface area contributed by atoms with E-state index in [0.29, 0.717) is 12.3 Å². The Labute approximate surface area is 151 Å². The van der Waals surface area contributed by atoms with Crippen LogP contribution < -0.4 is 4.72 Å². The summed E-state index contributed by atoms with van der Waals surface area (Å²) in [6.45, 7) is 2.33. The maximum atomic E-state index is 12.2. The van der Waals surface area contributed by atoms with Gasteiger partial charge in [0, 0.05) is 12.3 Å². The van der Waals surface area contributed by atoms with E-state index in [1.165, 1.54) is 11.8 Å². The van der Waals surface area contributed by atoms with Crippen molar-refractivity contribution in [1.29, 1.82) is 0 Å². The Hall–Kier alpha value is -2.16. The van der Waals surface area contributed by atoms with Gasteiger partial charge in [0.1, 0.15) is 6.33 Å². The van der Waals surface area contributed by atoms with Crippen LogP contribution in [0.2, 0.25) is 0 Å². The molecule has 0 unspecified atom stereocenters. The van der Waals surface area contributed by atoms with Crippen LogP contribution in [0.3, 0.4) is 0 Å². The molecular weight excluding hydrogens is 356 g/mol. The second-order valence-electron chi connectivity index (χ2n) is 5.33. The molecule has 0 aliphatic carbocycles. The average Bonchev–Trinajstić information content (AvgIpc) is 3.08. The van der Waals surface area contributed by atoms with Gasteiger partial charge in [0.05, 0.1) is 10.6 Å². The van der Waals surface area contributed by atoms with Crippen molar-refractivity contribution in [3.05, 3.63) is 66.5 Å². The summed E-state index contributed by atoms with van der Waals surface area (Å²) in [6.07, 6.45) is 1.67. The maximum absolute atomic E-state index is 12.2. The number of hydrogen-bond donors (Lipinski definition) is 1. The van der Waals surface area contributed by atoms with Crippen LogP contribution in [-0.4, -0.2) is 35.5 Å².